The van der Waals surface area contributed by atoms with Crippen LogP contribution in [-0.4, -0.2) is 58.9 Å². The van der Waals surface area contributed by atoms with Crippen molar-refractivity contribution in [3.63, 3.8) is 0 Å². The monoisotopic (exact) mass is 686 g/mol. The van der Waals surface area contributed by atoms with Crippen LogP contribution in [0, 0.1) is 12.1 Å². The summed E-state index contributed by atoms with van der Waals surface area (Å²) < 4.78 is 74.9. The number of halogens is 3. The summed E-state index contributed by atoms with van der Waals surface area (Å²) in [4.78, 5) is 29.8. The van der Waals surface area contributed by atoms with Gasteiger partial charge in [0.25, 0.3) is 22.2 Å². The Balaban J connectivity index is 1.27. The van der Waals surface area contributed by atoms with Crippen LogP contribution in [0.25, 0.3) is 16.9 Å². The zero-order chi connectivity index (χ0) is 34.6. The van der Waals surface area contributed by atoms with Gasteiger partial charge in [0.1, 0.15) is 0 Å². The number of nitrogens with one attached hydrogen (secondary N) is 1. The van der Waals surface area contributed by atoms with Crippen molar-refractivity contribution >= 4 is 21.9 Å². The number of aryl methyl sites for hydroxylation is 1. The van der Waals surface area contributed by atoms with Gasteiger partial charge in [-0.1, -0.05) is 48.0 Å². The topological polar surface area (TPSA) is 158 Å². The lowest BCUT2D eigenvalue weighted by atomic mass is 10.1. The highest BCUT2D eigenvalue weighted by Crippen LogP contribution is 2.33. The summed E-state index contributed by atoms with van der Waals surface area (Å²) >= 11 is 0. The molecule has 4 aromatic rings. The fourth-order valence-electron chi connectivity index (χ4n) is 4.86. The van der Waals surface area contributed by atoms with Crippen molar-refractivity contribution in [2.75, 3.05) is 6.54 Å². The highest BCUT2D eigenvalue weighted by Gasteiger charge is 2.39. The van der Waals surface area contributed by atoms with Crippen LogP contribution in [0.15, 0.2) is 95.1 Å². The van der Waals surface area contributed by atoms with E-state index in [1.54, 1.807) is 42.5 Å². The maximum atomic E-state index is 13.6. The number of carbonyl (C=O) groups excluding carboxylic acids is 2. The van der Waals surface area contributed by atoms with Crippen LogP contribution in [0.5, 0.6) is 0 Å². The highest BCUT2D eigenvalue weighted by molar-refractivity contribution is 7.90. The van der Waals surface area contributed by atoms with E-state index in [1.165, 1.54) is 31.2 Å². The summed E-state index contributed by atoms with van der Waals surface area (Å²) in [5.74, 6) is -1.73. The van der Waals surface area contributed by atoms with Crippen molar-refractivity contribution < 1.29 is 45.7 Å². The van der Waals surface area contributed by atoms with Crippen LogP contribution in [0.2, 0.25) is 0 Å². The summed E-state index contributed by atoms with van der Waals surface area (Å²) in [7, 11) is -4.47. The van der Waals surface area contributed by atoms with E-state index in [-0.39, 0.29) is 39.8 Å². The lowest BCUT2D eigenvalue weighted by molar-refractivity contribution is -0.713. The predicted octanol–water partition coefficient (Wildman–Crippen LogP) is 5.15. The molecule has 1 N–H and O–H groups in total. The molecule has 2 atom stereocenters. The number of benzene rings is 3. The third-order valence-electron chi connectivity index (χ3n) is 7.27. The van der Waals surface area contributed by atoms with Gasteiger partial charge in [-0.15, -0.1) is 5.01 Å². The van der Waals surface area contributed by atoms with Crippen molar-refractivity contribution in [1.82, 2.24) is 19.5 Å². The zero-order valence-corrected chi connectivity index (χ0v) is 26.3. The average Bonchev–Trinajstić information content (AvgIpc) is 3.73. The molecule has 2 heterocycles. The largest absolute Gasteiger partial charge is 0.569 e. The van der Waals surface area contributed by atoms with Gasteiger partial charge in [0.2, 0.25) is 5.28 Å². The summed E-state index contributed by atoms with van der Waals surface area (Å²) in [6.45, 7) is 3.21. The van der Waals surface area contributed by atoms with E-state index < -0.39 is 46.1 Å². The van der Waals surface area contributed by atoms with E-state index in [2.05, 4.69) is 10.4 Å². The Morgan fingerprint density at radius 3 is 2.38 bits per heavy atom. The molecule has 0 radical (unpaired) electrons. The molecule has 0 spiro atoms. The number of aromatic nitrogens is 2. The molecule has 1 fully saturated rings. The number of carbonyl (C=O) groups is 2. The molecule has 1 aliphatic heterocycles. The second kappa shape index (κ2) is 13.7. The molecule has 0 saturated carbocycles. The Kier molecular flexibility index (Phi) is 9.69. The van der Waals surface area contributed by atoms with E-state index in [1.807, 2.05) is 11.6 Å². The number of hydrogen-bond donors (Lipinski definition) is 1. The maximum Gasteiger partial charge on any atom is 0.435 e. The SMILES string of the molecule is Cc1ccc(-c2cc(C(F)(F)F)nn2-c2ccc(S(=O)(=O)NC(=O)[C@@H]3CCCN3[N+]([O-])=NOC(C)OC(=O)c3ccccc3)cc2)cc1. The first kappa shape index (κ1) is 33.9. The van der Waals surface area contributed by atoms with Gasteiger partial charge in [-0.25, -0.2) is 22.6 Å². The number of rotatable bonds is 10. The summed E-state index contributed by atoms with van der Waals surface area (Å²) in [5.41, 5.74) is 0.757. The minimum absolute atomic E-state index is 0.0174. The predicted molar refractivity (Wildman–Crippen MR) is 162 cm³/mol. The highest BCUT2D eigenvalue weighted by atomic mass is 32.2. The van der Waals surface area contributed by atoms with Gasteiger partial charge < -0.3 is 9.94 Å². The molecular weight excluding hydrogens is 657 g/mol. The summed E-state index contributed by atoms with van der Waals surface area (Å²) in [6.07, 6.45) is -5.51. The molecule has 3 aromatic carbocycles. The van der Waals surface area contributed by atoms with Crippen LogP contribution < -0.4 is 4.72 Å². The number of alkyl halides is 3. The van der Waals surface area contributed by atoms with Crippen molar-refractivity contribution in [2.45, 2.75) is 50.1 Å². The van der Waals surface area contributed by atoms with Crippen LogP contribution >= 0.6 is 0 Å². The molecule has 17 heteroatoms. The van der Waals surface area contributed by atoms with E-state index in [0.29, 0.717) is 12.0 Å². The Morgan fingerprint density at radius 2 is 1.73 bits per heavy atom. The van der Waals surface area contributed by atoms with Crippen molar-refractivity contribution in [1.29, 1.82) is 0 Å². The molecule has 1 aromatic heterocycles. The lowest BCUT2D eigenvalue weighted by Crippen LogP contribution is -2.47. The zero-order valence-electron chi connectivity index (χ0n) is 25.5. The first-order chi connectivity index (χ1) is 22.7. The summed E-state index contributed by atoms with van der Waals surface area (Å²) in [6, 6.07) is 19.2. The van der Waals surface area contributed by atoms with E-state index in [4.69, 9.17) is 9.57 Å². The minimum Gasteiger partial charge on any atom is -0.569 e. The van der Waals surface area contributed by atoms with Crippen LogP contribution in [0.1, 0.15) is 41.4 Å². The van der Waals surface area contributed by atoms with Crippen molar-refractivity contribution in [2.24, 2.45) is 5.28 Å². The first-order valence-electron chi connectivity index (χ1n) is 14.5. The maximum absolute atomic E-state index is 13.6. The number of sulfonamides is 1. The molecule has 1 amide bonds. The fraction of sp³-hybridized carbons (Fsp3) is 0.258. The van der Waals surface area contributed by atoms with E-state index >= 15 is 0 Å². The molecule has 252 valence electrons. The Labute approximate surface area is 272 Å². The van der Waals surface area contributed by atoms with Gasteiger partial charge in [0.05, 0.1) is 33.4 Å². The van der Waals surface area contributed by atoms with E-state index in [0.717, 1.165) is 33.5 Å². The van der Waals surface area contributed by atoms with Gasteiger partial charge in [-0.05, 0) is 62.2 Å². The number of hydrogen-bond acceptors (Lipinski definition) is 9. The van der Waals surface area contributed by atoms with Gasteiger partial charge in [-0.2, -0.15) is 18.3 Å². The molecule has 1 aliphatic rings. The molecular formula is C31H29F3N6O7S. The third-order valence-corrected chi connectivity index (χ3v) is 8.63. The average molecular weight is 687 g/mol. The van der Waals surface area contributed by atoms with Crippen LogP contribution in [0.4, 0.5) is 13.2 Å². The summed E-state index contributed by atoms with van der Waals surface area (Å²) in [5, 5.41) is 20.6. The second-order valence-corrected chi connectivity index (χ2v) is 12.4. The Bertz CT molecular complexity index is 1920. The van der Waals surface area contributed by atoms with Crippen LogP contribution in [0.3, 0.4) is 0 Å². The van der Waals surface area contributed by atoms with E-state index in [9.17, 15) is 36.4 Å². The van der Waals surface area contributed by atoms with Gasteiger partial charge in [-0.3, -0.25) is 9.63 Å². The lowest BCUT2D eigenvalue weighted by Gasteiger charge is -2.20. The van der Waals surface area contributed by atoms with Crippen LogP contribution in [-0.2, 0) is 30.6 Å². The van der Waals surface area contributed by atoms with Gasteiger partial charge in [0, 0.05) is 12.5 Å². The minimum atomic E-state index is -4.72. The number of amides is 1. The number of nitrogens with zero attached hydrogens (tertiary/aromatic N) is 5. The third kappa shape index (κ3) is 7.74. The number of hydrazine groups is 1. The van der Waals surface area contributed by atoms with Crippen molar-refractivity contribution in [3.05, 3.63) is 107 Å². The van der Waals surface area contributed by atoms with Gasteiger partial charge in [0.15, 0.2) is 11.7 Å². The standard InChI is InChI=1S/C31H29F3N6O7S/c1-20-10-12-22(13-11-20)27-19-28(31(32,33)34)35-39(27)24-14-16-25(17-15-24)48(44,45)36-29(41)26-9-6-18-38(26)40(43)37-47-21(2)46-30(42)23-7-4-3-5-8-23/h3-5,7-8,10-17,19,21,26H,6,9,18H2,1-2H3,(H,36,41)/t21?,26-/m0/s1. The Morgan fingerprint density at radius 1 is 1.06 bits per heavy atom. The molecule has 13 nitrogen and oxygen atoms in total. The molecule has 1 saturated heterocycles. The molecule has 1 unspecified atom stereocenters. The molecule has 0 bridgehead atoms. The quantitative estimate of drug-likeness (QED) is 0.0783. The first-order valence-corrected chi connectivity index (χ1v) is 16.0. The smallest absolute Gasteiger partial charge is 0.435 e. The normalized spacial score (nSPS) is 16.0. The number of ether oxygens (including phenoxy) is 1. The molecule has 48 heavy (non-hydrogen) atoms. The molecule has 5 rings (SSSR count). The second-order valence-electron chi connectivity index (χ2n) is 10.8. The fourth-order valence-corrected chi connectivity index (χ4v) is 5.88. The van der Waals surface area contributed by atoms with Crippen molar-refractivity contribution in [3.8, 4) is 16.9 Å². The number of esters is 1. The van der Waals surface area contributed by atoms with Gasteiger partial charge >= 0.3 is 12.1 Å². The molecule has 0 aliphatic carbocycles. The Hall–Kier alpha value is -5.45.